The molecule has 0 saturated heterocycles. The smallest absolute Gasteiger partial charge is 0.267 e. The number of nitrogens with one attached hydrogen (secondary N) is 2. The van der Waals surface area contributed by atoms with E-state index in [-0.39, 0.29) is 11.0 Å². The number of amides is 1. The van der Waals surface area contributed by atoms with Gasteiger partial charge in [0.15, 0.2) is 5.11 Å². The van der Waals surface area contributed by atoms with E-state index in [9.17, 15) is 4.79 Å². The first-order chi connectivity index (χ1) is 13.1. The summed E-state index contributed by atoms with van der Waals surface area (Å²) in [6.45, 7) is 1.95. The zero-order valence-electron chi connectivity index (χ0n) is 14.3. The van der Waals surface area contributed by atoms with E-state index in [1.54, 1.807) is 10.9 Å². The van der Waals surface area contributed by atoms with Gasteiger partial charge in [-0.25, -0.2) is 0 Å². The molecule has 8 heteroatoms. The molecule has 0 radical (unpaired) electrons. The van der Waals surface area contributed by atoms with Gasteiger partial charge in [0.25, 0.3) is 5.91 Å². The number of hydrogen-bond donors (Lipinski definition) is 2. The summed E-state index contributed by atoms with van der Waals surface area (Å²) < 4.78 is 0. The van der Waals surface area contributed by atoms with Gasteiger partial charge in [-0.15, -0.1) is 21.5 Å². The Bertz CT molecular complexity index is 1120. The van der Waals surface area contributed by atoms with E-state index < -0.39 is 0 Å². The molecule has 2 N–H and O–H groups in total. The highest BCUT2D eigenvalue weighted by molar-refractivity contribution is 7.80. The third kappa shape index (κ3) is 3.71. The lowest BCUT2D eigenvalue weighted by Crippen LogP contribution is -2.33. The second-order valence-electron chi connectivity index (χ2n) is 5.87. The van der Waals surface area contributed by atoms with Crippen molar-refractivity contribution < 1.29 is 4.79 Å². The number of hydrogen-bond acceptors (Lipinski definition) is 5. The number of fused-ring (bicyclic) bond motifs is 1. The van der Waals surface area contributed by atoms with Gasteiger partial charge in [-0.1, -0.05) is 24.3 Å². The number of anilines is 1. The van der Waals surface area contributed by atoms with Crippen LogP contribution in [-0.4, -0.2) is 26.0 Å². The monoisotopic (exact) mass is 393 g/mol. The molecule has 0 aliphatic heterocycles. The molecular formula is C19H15N5OS2. The zero-order chi connectivity index (χ0) is 18.8. The Morgan fingerprint density at radius 3 is 2.52 bits per heavy atom. The highest BCUT2D eigenvalue weighted by Gasteiger charge is 2.12. The molecule has 0 atom stereocenters. The first-order valence-corrected chi connectivity index (χ1v) is 9.48. The fraction of sp³-hybridized carbons (Fsp3) is 0.0526. The molecule has 27 heavy (non-hydrogen) atoms. The van der Waals surface area contributed by atoms with Gasteiger partial charge in [0, 0.05) is 5.69 Å². The highest BCUT2D eigenvalue weighted by atomic mass is 32.1. The van der Waals surface area contributed by atoms with Crippen molar-refractivity contribution in [1.82, 2.24) is 20.3 Å². The van der Waals surface area contributed by atoms with Crippen molar-refractivity contribution >= 4 is 51.3 Å². The summed E-state index contributed by atoms with van der Waals surface area (Å²) in [5.74, 6) is -0.226. The van der Waals surface area contributed by atoms with Crippen LogP contribution >= 0.6 is 23.6 Å². The molecule has 4 aromatic rings. The number of nitrogens with zero attached hydrogens (tertiary/aromatic N) is 3. The van der Waals surface area contributed by atoms with Gasteiger partial charge in [-0.2, -0.15) is 4.80 Å². The van der Waals surface area contributed by atoms with Gasteiger partial charge in [-0.05, 0) is 60.4 Å². The SMILES string of the molecule is Cc1cc2nn(-c3ccccc3)nc2cc1NC(=S)NC(=O)c1cccs1. The molecule has 2 aromatic carbocycles. The third-order valence-electron chi connectivity index (χ3n) is 3.93. The van der Waals surface area contributed by atoms with Gasteiger partial charge in [0.05, 0.1) is 10.6 Å². The molecule has 0 bridgehead atoms. The average Bonchev–Trinajstić information content (AvgIpc) is 3.32. The lowest BCUT2D eigenvalue weighted by molar-refractivity contribution is 0.0981. The van der Waals surface area contributed by atoms with Crippen molar-refractivity contribution in [2.75, 3.05) is 5.32 Å². The molecule has 0 saturated carbocycles. The average molecular weight is 393 g/mol. The highest BCUT2D eigenvalue weighted by Crippen LogP contribution is 2.22. The van der Waals surface area contributed by atoms with Crippen molar-refractivity contribution in [2.45, 2.75) is 6.92 Å². The maximum Gasteiger partial charge on any atom is 0.267 e. The second kappa shape index (κ2) is 7.26. The van der Waals surface area contributed by atoms with E-state index in [1.807, 2.05) is 60.8 Å². The van der Waals surface area contributed by atoms with E-state index in [2.05, 4.69) is 20.8 Å². The summed E-state index contributed by atoms with van der Waals surface area (Å²) in [6, 6.07) is 17.1. The van der Waals surface area contributed by atoms with Crippen LogP contribution in [0.1, 0.15) is 15.2 Å². The van der Waals surface area contributed by atoms with Crippen LogP contribution in [0, 0.1) is 6.92 Å². The molecule has 2 aromatic heterocycles. The Labute approximate surface area is 164 Å². The second-order valence-corrected chi connectivity index (χ2v) is 7.22. The molecule has 0 aliphatic rings. The zero-order valence-corrected chi connectivity index (χ0v) is 16.0. The minimum Gasteiger partial charge on any atom is -0.332 e. The topological polar surface area (TPSA) is 71.8 Å². The van der Waals surface area contributed by atoms with Crippen LogP contribution in [-0.2, 0) is 0 Å². The van der Waals surface area contributed by atoms with Gasteiger partial charge in [0.1, 0.15) is 11.0 Å². The summed E-state index contributed by atoms with van der Waals surface area (Å²) in [6.07, 6.45) is 0. The third-order valence-corrected chi connectivity index (χ3v) is 5.01. The maximum absolute atomic E-state index is 12.1. The number of carbonyl (C=O) groups is 1. The lowest BCUT2D eigenvalue weighted by Gasteiger charge is -2.11. The minimum atomic E-state index is -0.226. The standard InChI is InChI=1S/C19H15N5OS2/c1-12-10-15-16(23-24(22-15)13-6-3-2-4-7-13)11-14(12)20-19(26)21-18(25)17-8-5-9-27-17/h2-11H,1H3,(H2,20,21,25,26). The number of thiophene rings is 1. The summed E-state index contributed by atoms with van der Waals surface area (Å²) in [7, 11) is 0. The quantitative estimate of drug-likeness (QED) is 0.516. The van der Waals surface area contributed by atoms with Crippen molar-refractivity contribution in [2.24, 2.45) is 0 Å². The van der Waals surface area contributed by atoms with E-state index in [0.717, 1.165) is 28.0 Å². The Morgan fingerprint density at radius 1 is 1.07 bits per heavy atom. The molecule has 0 spiro atoms. The van der Waals surface area contributed by atoms with Gasteiger partial charge >= 0.3 is 0 Å². The number of para-hydroxylation sites is 1. The number of aromatic nitrogens is 3. The number of thiocarbonyl (C=S) groups is 1. The molecule has 6 nitrogen and oxygen atoms in total. The fourth-order valence-corrected chi connectivity index (χ4v) is 3.43. The molecule has 4 rings (SSSR count). The van der Waals surface area contributed by atoms with Crippen molar-refractivity contribution in [3.63, 3.8) is 0 Å². The summed E-state index contributed by atoms with van der Waals surface area (Å²) in [4.78, 5) is 14.3. The van der Waals surface area contributed by atoms with Crippen LogP contribution in [0.25, 0.3) is 16.7 Å². The van der Waals surface area contributed by atoms with Crippen molar-refractivity contribution in [1.29, 1.82) is 0 Å². The summed E-state index contributed by atoms with van der Waals surface area (Å²) in [5.41, 5.74) is 4.14. The van der Waals surface area contributed by atoms with Crippen LogP contribution in [0.5, 0.6) is 0 Å². The molecule has 134 valence electrons. The van der Waals surface area contributed by atoms with Gasteiger partial charge in [-0.3, -0.25) is 10.1 Å². The van der Waals surface area contributed by atoms with Crippen LogP contribution < -0.4 is 10.6 Å². The molecular weight excluding hydrogens is 378 g/mol. The maximum atomic E-state index is 12.1. The predicted octanol–water partition coefficient (Wildman–Crippen LogP) is 3.92. The minimum absolute atomic E-state index is 0.226. The van der Waals surface area contributed by atoms with E-state index in [4.69, 9.17) is 12.2 Å². The Morgan fingerprint density at radius 2 is 1.81 bits per heavy atom. The summed E-state index contributed by atoms with van der Waals surface area (Å²) in [5, 5.41) is 16.9. The predicted molar refractivity (Wildman–Crippen MR) is 112 cm³/mol. The lowest BCUT2D eigenvalue weighted by atomic mass is 10.2. The Balaban J connectivity index is 1.56. The molecule has 1 amide bonds. The van der Waals surface area contributed by atoms with Crippen LogP contribution in [0.15, 0.2) is 60.0 Å². The van der Waals surface area contributed by atoms with Crippen molar-refractivity contribution in [3.8, 4) is 5.69 Å². The Kier molecular flexibility index (Phi) is 4.66. The van der Waals surface area contributed by atoms with Gasteiger partial charge < -0.3 is 5.32 Å². The fourth-order valence-electron chi connectivity index (χ4n) is 2.61. The molecule has 0 unspecified atom stereocenters. The number of carbonyl (C=O) groups excluding carboxylic acids is 1. The van der Waals surface area contributed by atoms with E-state index in [0.29, 0.717) is 4.88 Å². The first-order valence-electron chi connectivity index (χ1n) is 8.19. The van der Waals surface area contributed by atoms with Gasteiger partial charge in [0.2, 0.25) is 0 Å². The van der Waals surface area contributed by atoms with E-state index in [1.165, 1.54) is 11.3 Å². The number of aryl methyl sites for hydroxylation is 1. The molecule has 0 fully saturated rings. The first kappa shape index (κ1) is 17.3. The van der Waals surface area contributed by atoms with Crippen LogP contribution in [0.4, 0.5) is 5.69 Å². The van der Waals surface area contributed by atoms with Crippen LogP contribution in [0.2, 0.25) is 0 Å². The van der Waals surface area contributed by atoms with Crippen LogP contribution in [0.3, 0.4) is 0 Å². The molecule has 0 aliphatic carbocycles. The number of rotatable bonds is 3. The Hall–Kier alpha value is -3.10. The summed E-state index contributed by atoms with van der Waals surface area (Å²) >= 11 is 6.64. The molecule has 2 heterocycles. The largest absolute Gasteiger partial charge is 0.332 e. The number of benzene rings is 2. The normalized spacial score (nSPS) is 10.7. The van der Waals surface area contributed by atoms with Crippen molar-refractivity contribution in [3.05, 3.63) is 70.4 Å². The van der Waals surface area contributed by atoms with E-state index >= 15 is 0 Å².